The molecule has 0 unspecified atom stereocenters. The van der Waals surface area contributed by atoms with Gasteiger partial charge in [-0.05, 0) is 62.2 Å². The van der Waals surface area contributed by atoms with Gasteiger partial charge in [0.2, 0.25) is 0 Å². The smallest absolute Gasteiger partial charge is 0.279 e. The van der Waals surface area contributed by atoms with Gasteiger partial charge in [0.1, 0.15) is 5.82 Å². The van der Waals surface area contributed by atoms with E-state index in [0.717, 1.165) is 28.1 Å². The van der Waals surface area contributed by atoms with Gasteiger partial charge in [0.25, 0.3) is 5.91 Å². The average Bonchev–Trinajstić information content (AvgIpc) is 2.99. The minimum Gasteiger partial charge on any atom is -0.316 e. The predicted molar refractivity (Wildman–Crippen MR) is 104 cm³/mol. The van der Waals surface area contributed by atoms with Crippen LogP contribution in [-0.2, 0) is 13.0 Å². The van der Waals surface area contributed by atoms with E-state index in [1.165, 1.54) is 23.5 Å². The van der Waals surface area contributed by atoms with Crippen LogP contribution in [0.2, 0.25) is 0 Å². The van der Waals surface area contributed by atoms with Crippen molar-refractivity contribution in [2.45, 2.75) is 33.7 Å². The molecular weight excluding hydrogens is 347 g/mol. The Morgan fingerprint density at radius 1 is 1.15 bits per heavy atom. The molecule has 0 radical (unpaired) electrons. The number of hydrogen-bond donors (Lipinski definition) is 0. The van der Waals surface area contributed by atoms with Crippen molar-refractivity contribution in [3.63, 3.8) is 0 Å². The number of carbonyl (C=O) groups excluding carboxylic acids is 1. The number of carbonyl (C=O) groups is 1. The molecule has 0 spiro atoms. The molecule has 0 saturated carbocycles. The fourth-order valence-corrected chi connectivity index (χ4v) is 4.08. The van der Waals surface area contributed by atoms with Gasteiger partial charge in [-0.3, -0.25) is 4.79 Å². The molecule has 1 amide bonds. The van der Waals surface area contributed by atoms with Gasteiger partial charge in [0.15, 0.2) is 4.80 Å². The number of nitrogens with zero attached hydrogens (tertiary/aromatic N) is 2. The lowest BCUT2D eigenvalue weighted by atomic mass is 10.1. The van der Waals surface area contributed by atoms with E-state index >= 15 is 0 Å². The van der Waals surface area contributed by atoms with E-state index < -0.39 is 0 Å². The van der Waals surface area contributed by atoms with E-state index in [9.17, 15) is 9.18 Å². The Labute approximate surface area is 156 Å². The molecule has 5 heteroatoms. The van der Waals surface area contributed by atoms with Gasteiger partial charge >= 0.3 is 0 Å². The van der Waals surface area contributed by atoms with E-state index in [4.69, 9.17) is 0 Å². The molecule has 0 aliphatic carbocycles. The zero-order valence-electron chi connectivity index (χ0n) is 15.1. The van der Waals surface area contributed by atoms with Crippen LogP contribution in [0.1, 0.15) is 34.6 Å². The quantitative estimate of drug-likeness (QED) is 0.639. The summed E-state index contributed by atoms with van der Waals surface area (Å²) in [5, 5.41) is 0. The lowest BCUT2D eigenvalue weighted by molar-refractivity contribution is 0.0997. The number of rotatable bonds is 4. The Morgan fingerprint density at radius 3 is 2.50 bits per heavy atom. The first kappa shape index (κ1) is 18.3. The maximum absolute atomic E-state index is 13.3. The van der Waals surface area contributed by atoms with Crippen molar-refractivity contribution in [2.24, 2.45) is 4.99 Å². The van der Waals surface area contributed by atoms with Gasteiger partial charge in [-0.2, -0.15) is 4.99 Å². The maximum Gasteiger partial charge on any atom is 0.279 e. The SMILES string of the molecule is CCc1sc(=NC(=O)c2cccc(C)c2)n(CC)c1-c1ccc(F)cc1. The second-order valence-corrected chi connectivity index (χ2v) is 7.11. The van der Waals surface area contributed by atoms with Gasteiger partial charge in [0, 0.05) is 17.0 Å². The average molecular weight is 368 g/mol. The van der Waals surface area contributed by atoms with E-state index in [-0.39, 0.29) is 11.7 Å². The minimum absolute atomic E-state index is 0.245. The molecular formula is C21H21FN2OS. The fourth-order valence-electron chi connectivity index (χ4n) is 2.93. The summed E-state index contributed by atoms with van der Waals surface area (Å²) < 4.78 is 15.3. The predicted octanol–water partition coefficient (Wildman–Crippen LogP) is 4.99. The standard InChI is InChI=1S/C21H21FN2OS/c1-4-18-19(15-9-11-17(22)12-10-15)24(5-2)21(26-18)23-20(25)16-8-6-7-14(3)13-16/h6-13H,4-5H2,1-3H3. The molecule has 0 aliphatic heterocycles. The van der Waals surface area contributed by atoms with E-state index in [2.05, 4.69) is 11.9 Å². The van der Waals surface area contributed by atoms with Crippen molar-refractivity contribution in [2.75, 3.05) is 0 Å². The minimum atomic E-state index is -0.260. The van der Waals surface area contributed by atoms with Crippen LogP contribution >= 0.6 is 11.3 Å². The van der Waals surface area contributed by atoms with Crippen LogP contribution in [0.5, 0.6) is 0 Å². The molecule has 0 atom stereocenters. The second kappa shape index (κ2) is 7.79. The highest BCUT2D eigenvalue weighted by atomic mass is 32.1. The van der Waals surface area contributed by atoms with Crippen LogP contribution in [0.15, 0.2) is 53.5 Å². The van der Waals surface area contributed by atoms with Gasteiger partial charge in [0.05, 0.1) is 5.69 Å². The van der Waals surface area contributed by atoms with Crippen molar-refractivity contribution >= 4 is 17.2 Å². The van der Waals surface area contributed by atoms with Crippen molar-refractivity contribution in [3.05, 3.63) is 75.2 Å². The molecule has 1 heterocycles. The first-order valence-corrected chi connectivity index (χ1v) is 9.49. The van der Waals surface area contributed by atoms with Crippen LogP contribution in [0.3, 0.4) is 0 Å². The Hall–Kier alpha value is -2.53. The number of amides is 1. The summed E-state index contributed by atoms with van der Waals surface area (Å²) >= 11 is 1.52. The third-order valence-corrected chi connectivity index (χ3v) is 5.42. The monoisotopic (exact) mass is 368 g/mol. The second-order valence-electron chi connectivity index (χ2n) is 6.05. The highest BCUT2D eigenvalue weighted by Gasteiger charge is 2.15. The molecule has 0 N–H and O–H groups in total. The van der Waals surface area contributed by atoms with Gasteiger partial charge in [-0.1, -0.05) is 24.6 Å². The molecule has 1 aromatic heterocycles. The van der Waals surface area contributed by atoms with Gasteiger partial charge in [-0.15, -0.1) is 11.3 Å². The third-order valence-electron chi connectivity index (χ3n) is 4.20. The maximum atomic E-state index is 13.3. The number of benzene rings is 2. The molecule has 3 aromatic rings. The summed E-state index contributed by atoms with van der Waals surface area (Å²) in [6.45, 7) is 6.74. The van der Waals surface area contributed by atoms with Gasteiger partial charge < -0.3 is 4.57 Å². The van der Waals surface area contributed by atoms with Crippen LogP contribution in [-0.4, -0.2) is 10.5 Å². The Kier molecular flexibility index (Phi) is 5.47. The van der Waals surface area contributed by atoms with Crippen LogP contribution in [0.25, 0.3) is 11.3 Å². The van der Waals surface area contributed by atoms with Crippen LogP contribution < -0.4 is 4.80 Å². The van der Waals surface area contributed by atoms with Crippen molar-refractivity contribution < 1.29 is 9.18 Å². The molecule has 134 valence electrons. The summed E-state index contributed by atoms with van der Waals surface area (Å²) in [5.74, 6) is -0.505. The van der Waals surface area contributed by atoms with Crippen molar-refractivity contribution in [1.82, 2.24) is 4.57 Å². The van der Waals surface area contributed by atoms with Crippen molar-refractivity contribution in [3.8, 4) is 11.3 Å². The largest absolute Gasteiger partial charge is 0.316 e. The Bertz CT molecular complexity index is 1000. The Balaban J connectivity index is 2.13. The van der Waals surface area contributed by atoms with E-state index in [0.29, 0.717) is 16.9 Å². The Morgan fingerprint density at radius 2 is 1.88 bits per heavy atom. The number of halogens is 1. The lowest BCUT2D eigenvalue weighted by Gasteiger charge is -2.08. The molecule has 0 aliphatic rings. The molecule has 26 heavy (non-hydrogen) atoms. The van der Waals surface area contributed by atoms with Crippen LogP contribution in [0.4, 0.5) is 4.39 Å². The van der Waals surface area contributed by atoms with Crippen molar-refractivity contribution in [1.29, 1.82) is 0 Å². The normalized spacial score (nSPS) is 11.8. The zero-order valence-corrected chi connectivity index (χ0v) is 15.9. The number of aromatic nitrogens is 1. The number of hydrogen-bond acceptors (Lipinski definition) is 2. The highest BCUT2D eigenvalue weighted by Crippen LogP contribution is 2.26. The number of aryl methyl sites for hydroxylation is 2. The summed E-state index contributed by atoms with van der Waals surface area (Å²) in [4.78, 5) is 18.8. The summed E-state index contributed by atoms with van der Waals surface area (Å²) in [6, 6.07) is 13.9. The van der Waals surface area contributed by atoms with E-state index in [1.54, 1.807) is 18.2 Å². The topological polar surface area (TPSA) is 34.4 Å². The third kappa shape index (κ3) is 3.68. The fraction of sp³-hybridized carbons (Fsp3) is 0.238. The molecule has 3 rings (SSSR count). The summed E-state index contributed by atoms with van der Waals surface area (Å²) in [7, 11) is 0. The molecule has 0 saturated heterocycles. The molecule has 0 bridgehead atoms. The lowest BCUT2D eigenvalue weighted by Crippen LogP contribution is -2.17. The summed E-state index contributed by atoms with van der Waals surface area (Å²) in [6.07, 6.45) is 0.825. The highest BCUT2D eigenvalue weighted by molar-refractivity contribution is 7.09. The van der Waals surface area contributed by atoms with E-state index in [1.807, 2.05) is 36.6 Å². The van der Waals surface area contributed by atoms with Gasteiger partial charge in [-0.25, -0.2) is 4.39 Å². The summed E-state index contributed by atoms with van der Waals surface area (Å²) in [5.41, 5.74) is 3.56. The first-order valence-electron chi connectivity index (χ1n) is 8.67. The first-order chi connectivity index (χ1) is 12.5. The zero-order chi connectivity index (χ0) is 18.7. The number of thiazole rings is 1. The molecule has 2 aromatic carbocycles. The molecule has 0 fully saturated rings. The van der Waals surface area contributed by atoms with Crippen LogP contribution in [0, 0.1) is 12.7 Å². The molecule has 3 nitrogen and oxygen atoms in total.